The summed E-state index contributed by atoms with van der Waals surface area (Å²) < 4.78 is 39.1. The molecule has 0 heterocycles. The summed E-state index contributed by atoms with van der Waals surface area (Å²) in [7, 11) is -1.11. The highest BCUT2D eigenvalue weighted by molar-refractivity contribution is 7.98. The van der Waals surface area contributed by atoms with Gasteiger partial charge in [0.25, 0.3) is 10.0 Å². The fraction of sp³-hybridized carbons (Fsp3) is 0.321. The molecule has 0 atom stereocenters. The maximum absolute atomic E-state index is 13.7. The van der Waals surface area contributed by atoms with E-state index >= 15 is 0 Å². The van der Waals surface area contributed by atoms with E-state index in [0.717, 1.165) is 27.8 Å². The maximum atomic E-state index is 13.7. The molecular formula is C28H34N2O5S2. The zero-order valence-electron chi connectivity index (χ0n) is 21.7. The smallest absolute Gasteiger partial charge is 0.264 e. The molecule has 0 aliphatic carbocycles. The van der Waals surface area contributed by atoms with Gasteiger partial charge in [0.15, 0.2) is 0 Å². The van der Waals surface area contributed by atoms with E-state index in [-0.39, 0.29) is 10.6 Å². The molecule has 198 valence electrons. The summed E-state index contributed by atoms with van der Waals surface area (Å²) in [5.41, 5.74) is 3.67. The number of thioether (sulfide) groups is 1. The standard InChI is InChI=1S/C28H34N2O5S2/c1-21-6-10-23(11-7-21)20-36-17-5-16-29-28(31)19-30(26-18-24(34-3)12-15-27(26)35-4)37(32,33)25-13-8-22(2)9-14-25/h6-15,18H,5,16-17,19-20H2,1-4H3,(H,29,31). The van der Waals surface area contributed by atoms with Crippen LogP contribution in [-0.2, 0) is 20.6 Å². The first-order chi connectivity index (χ1) is 17.7. The molecule has 7 nitrogen and oxygen atoms in total. The van der Waals surface area contributed by atoms with Crippen LogP contribution in [0.1, 0.15) is 23.1 Å². The Morgan fingerprint density at radius 3 is 2.19 bits per heavy atom. The van der Waals surface area contributed by atoms with Gasteiger partial charge < -0.3 is 14.8 Å². The molecule has 3 rings (SSSR count). The van der Waals surface area contributed by atoms with E-state index in [1.165, 1.54) is 37.5 Å². The minimum atomic E-state index is -4.06. The lowest BCUT2D eigenvalue weighted by atomic mass is 10.2. The zero-order valence-corrected chi connectivity index (χ0v) is 23.3. The summed E-state index contributed by atoms with van der Waals surface area (Å²) in [5.74, 6) is 2.15. The summed E-state index contributed by atoms with van der Waals surface area (Å²) >= 11 is 1.80. The van der Waals surface area contributed by atoms with E-state index in [2.05, 4.69) is 36.5 Å². The lowest BCUT2D eigenvalue weighted by molar-refractivity contribution is -0.119. The highest BCUT2D eigenvalue weighted by Gasteiger charge is 2.30. The first kappa shape index (κ1) is 28.4. The lowest BCUT2D eigenvalue weighted by Gasteiger charge is -2.26. The summed E-state index contributed by atoms with van der Waals surface area (Å²) in [6.45, 7) is 4.01. The number of amides is 1. The Kier molecular flexibility index (Phi) is 10.3. The molecule has 3 aromatic carbocycles. The van der Waals surface area contributed by atoms with Gasteiger partial charge in [0.1, 0.15) is 18.0 Å². The Labute approximate surface area is 224 Å². The van der Waals surface area contributed by atoms with E-state index < -0.39 is 22.5 Å². The molecule has 0 unspecified atom stereocenters. The van der Waals surface area contributed by atoms with Crippen molar-refractivity contribution in [1.82, 2.24) is 5.32 Å². The van der Waals surface area contributed by atoms with E-state index in [0.29, 0.717) is 18.0 Å². The maximum Gasteiger partial charge on any atom is 0.264 e. The number of nitrogens with one attached hydrogen (secondary N) is 1. The van der Waals surface area contributed by atoms with E-state index in [9.17, 15) is 13.2 Å². The van der Waals surface area contributed by atoms with Crippen molar-refractivity contribution in [3.63, 3.8) is 0 Å². The molecule has 0 fully saturated rings. The number of sulfonamides is 1. The molecule has 0 spiro atoms. The van der Waals surface area contributed by atoms with Crippen molar-refractivity contribution in [1.29, 1.82) is 0 Å². The fourth-order valence-electron chi connectivity index (χ4n) is 3.59. The van der Waals surface area contributed by atoms with Gasteiger partial charge in [0, 0.05) is 18.4 Å². The van der Waals surface area contributed by atoms with Crippen LogP contribution >= 0.6 is 11.8 Å². The van der Waals surface area contributed by atoms with Gasteiger partial charge in [-0.05, 0) is 55.9 Å². The van der Waals surface area contributed by atoms with Crippen LogP contribution in [0.2, 0.25) is 0 Å². The van der Waals surface area contributed by atoms with Crippen molar-refractivity contribution < 1.29 is 22.7 Å². The lowest BCUT2D eigenvalue weighted by Crippen LogP contribution is -2.41. The molecule has 0 saturated heterocycles. The number of hydrogen-bond donors (Lipinski definition) is 1. The molecule has 0 aliphatic rings. The predicted molar refractivity (Wildman–Crippen MR) is 150 cm³/mol. The monoisotopic (exact) mass is 542 g/mol. The first-order valence-corrected chi connectivity index (χ1v) is 14.6. The molecular weight excluding hydrogens is 508 g/mol. The Balaban J connectivity index is 1.69. The largest absolute Gasteiger partial charge is 0.497 e. The number of methoxy groups -OCH3 is 2. The predicted octanol–water partition coefficient (Wildman–Crippen LogP) is 4.96. The van der Waals surface area contributed by atoms with Crippen molar-refractivity contribution >= 4 is 33.4 Å². The van der Waals surface area contributed by atoms with Gasteiger partial charge in [-0.2, -0.15) is 11.8 Å². The highest BCUT2D eigenvalue weighted by Crippen LogP contribution is 2.35. The molecule has 3 aromatic rings. The molecule has 0 aromatic heterocycles. The normalized spacial score (nSPS) is 11.1. The Hall–Kier alpha value is -3.17. The number of anilines is 1. The summed E-state index contributed by atoms with van der Waals surface area (Å²) in [4.78, 5) is 13.0. The van der Waals surface area contributed by atoms with Gasteiger partial charge in [-0.3, -0.25) is 9.10 Å². The quantitative estimate of drug-likeness (QED) is 0.308. The highest BCUT2D eigenvalue weighted by atomic mass is 32.2. The van der Waals surface area contributed by atoms with Crippen LogP contribution < -0.4 is 19.1 Å². The number of benzene rings is 3. The number of aryl methyl sites for hydroxylation is 2. The van der Waals surface area contributed by atoms with Crippen molar-refractivity contribution in [2.24, 2.45) is 0 Å². The average Bonchev–Trinajstić information content (AvgIpc) is 2.90. The van der Waals surface area contributed by atoms with Crippen molar-refractivity contribution in [3.05, 3.63) is 83.4 Å². The van der Waals surface area contributed by atoms with Crippen LogP contribution in [0.3, 0.4) is 0 Å². The Morgan fingerprint density at radius 1 is 0.919 bits per heavy atom. The molecule has 0 radical (unpaired) electrons. The summed E-state index contributed by atoms with van der Waals surface area (Å²) in [6.07, 6.45) is 0.773. The SMILES string of the molecule is COc1ccc(OC)c(N(CC(=O)NCCCSCc2ccc(C)cc2)S(=O)(=O)c2ccc(C)cc2)c1. The van der Waals surface area contributed by atoms with Crippen molar-refractivity contribution in [2.45, 2.75) is 30.9 Å². The first-order valence-electron chi connectivity index (χ1n) is 12.0. The molecule has 0 aliphatic heterocycles. The third-order valence-corrected chi connectivity index (χ3v) is 8.62. The van der Waals surface area contributed by atoms with Gasteiger partial charge in [-0.15, -0.1) is 0 Å². The number of carbonyl (C=O) groups is 1. The molecule has 1 N–H and O–H groups in total. The Morgan fingerprint density at radius 2 is 1.57 bits per heavy atom. The average molecular weight is 543 g/mol. The number of hydrogen-bond acceptors (Lipinski definition) is 6. The van der Waals surface area contributed by atoms with Gasteiger partial charge in [0.2, 0.25) is 5.91 Å². The van der Waals surface area contributed by atoms with Gasteiger partial charge >= 0.3 is 0 Å². The number of carbonyl (C=O) groups excluding carboxylic acids is 1. The van der Waals surface area contributed by atoms with E-state index in [4.69, 9.17) is 9.47 Å². The van der Waals surface area contributed by atoms with E-state index in [1.807, 2.05) is 6.92 Å². The van der Waals surface area contributed by atoms with Crippen LogP contribution in [0, 0.1) is 13.8 Å². The van der Waals surface area contributed by atoms with Crippen LogP contribution in [0.25, 0.3) is 0 Å². The van der Waals surface area contributed by atoms with Gasteiger partial charge in [-0.25, -0.2) is 8.42 Å². The van der Waals surface area contributed by atoms with Crippen molar-refractivity contribution in [2.75, 3.05) is 37.4 Å². The fourth-order valence-corrected chi connectivity index (χ4v) is 5.94. The number of ether oxygens (including phenoxy) is 2. The number of nitrogens with zero attached hydrogens (tertiary/aromatic N) is 1. The summed E-state index contributed by atoms with van der Waals surface area (Å²) in [6, 6.07) is 19.8. The van der Waals surface area contributed by atoms with Crippen LogP contribution in [-0.4, -0.2) is 47.4 Å². The molecule has 0 bridgehead atoms. The minimum Gasteiger partial charge on any atom is -0.497 e. The summed E-state index contributed by atoms with van der Waals surface area (Å²) in [5, 5.41) is 2.86. The topological polar surface area (TPSA) is 84.9 Å². The molecule has 37 heavy (non-hydrogen) atoms. The van der Waals surface area contributed by atoms with Crippen LogP contribution in [0.15, 0.2) is 71.6 Å². The second-order valence-electron chi connectivity index (χ2n) is 8.60. The van der Waals surface area contributed by atoms with Gasteiger partial charge in [-0.1, -0.05) is 47.5 Å². The van der Waals surface area contributed by atoms with Crippen LogP contribution in [0.4, 0.5) is 5.69 Å². The molecule has 0 saturated carbocycles. The second kappa shape index (κ2) is 13.4. The molecule has 1 amide bonds. The zero-order chi connectivity index (χ0) is 26.8. The Bertz CT molecular complexity index is 1280. The molecule has 9 heteroatoms. The van der Waals surface area contributed by atoms with Crippen molar-refractivity contribution in [3.8, 4) is 11.5 Å². The third kappa shape index (κ3) is 7.90. The number of rotatable bonds is 13. The van der Waals surface area contributed by atoms with Crippen LogP contribution in [0.5, 0.6) is 11.5 Å². The minimum absolute atomic E-state index is 0.0864. The van der Waals surface area contributed by atoms with E-state index in [1.54, 1.807) is 42.1 Å². The van der Waals surface area contributed by atoms with Gasteiger partial charge in [0.05, 0.1) is 24.8 Å². The third-order valence-electron chi connectivity index (χ3n) is 5.73. The second-order valence-corrected chi connectivity index (χ2v) is 11.6.